The zero-order valence-corrected chi connectivity index (χ0v) is 13.6. The summed E-state index contributed by atoms with van der Waals surface area (Å²) < 4.78 is 17.0. The number of fused-ring (bicyclic) bond motifs is 2. The highest BCUT2D eigenvalue weighted by atomic mass is 79.9. The molecule has 116 valence electrons. The lowest BCUT2D eigenvalue weighted by molar-refractivity contribution is 0.0416. The number of benzene rings is 1. The molecule has 7 heteroatoms. The molecule has 0 aliphatic carbocycles. The second-order valence-corrected chi connectivity index (χ2v) is 6.30. The fraction of sp³-hybridized carbons (Fsp3) is 0.188. The van der Waals surface area contributed by atoms with E-state index < -0.39 is 12.2 Å². The van der Waals surface area contributed by atoms with Crippen LogP contribution in [0, 0.1) is 0 Å². The maximum Gasteiger partial charge on any atom is 0.276 e. The fourth-order valence-electron chi connectivity index (χ4n) is 2.83. The summed E-state index contributed by atoms with van der Waals surface area (Å²) in [5.74, 6) is -0.423. The van der Waals surface area contributed by atoms with Gasteiger partial charge in [0.15, 0.2) is 11.3 Å². The highest BCUT2D eigenvalue weighted by Gasteiger charge is 2.32. The van der Waals surface area contributed by atoms with Gasteiger partial charge in [-0.25, -0.2) is 13.9 Å². The normalized spacial score (nSPS) is 17.3. The number of carbonyl (C=O) groups is 1. The standard InChI is InChI=1S/C16H12BrFN4O/c17-11-8-19-14-7-13(20-22(14)9-11)16(23)21-6-5-10-3-1-2-4-12(10)15(21)18/h1-4,7-9,15H,5-6H2. The number of carbonyl (C=O) groups excluding carboxylic acids is 1. The lowest BCUT2D eigenvalue weighted by Crippen LogP contribution is -2.38. The van der Waals surface area contributed by atoms with E-state index in [2.05, 4.69) is 26.0 Å². The lowest BCUT2D eigenvalue weighted by atomic mass is 9.98. The van der Waals surface area contributed by atoms with E-state index in [1.54, 1.807) is 30.6 Å². The number of nitrogens with zero attached hydrogens (tertiary/aromatic N) is 4. The van der Waals surface area contributed by atoms with Gasteiger partial charge in [0.25, 0.3) is 5.91 Å². The first-order valence-electron chi connectivity index (χ1n) is 7.17. The van der Waals surface area contributed by atoms with Crippen molar-refractivity contribution in [1.82, 2.24) is 19.5 Å². The first-order chi connectivity index (χ1) is 11.1. The van der Waals surface area contributed by atoms with Crippen LogP contribution in [-0.4, -0.2) is 31.9 Å². The number of halogens is 2. The van der Waals surface area contributed by atoms with Crippen molar-refractivity contribution in [1.29, 1.82) is 0 Å². The molecule has 1 atom stereocenters. The molecule has 0 saturated heterocycles. The van der Waals surface area contributed by atoms with Crippen molar-refractivity contribution in [3.05, 3.63) is 64.0 Å². The van der Waals surface area contributed by atoms with Gasteiger partial charge in [0.05, 0.1) is 4.47 Å². The SMILES string of the molecule is O=C(c1cc2ncc(Br)cn2n1)N1CCc2ccccc2C1F. The maximum atomic E-state index is 14.7. The molecule has 5 nitrogen and oxygen atoms in total. The molecule has 0 N–H and O–H groups in total. The Morgan fingerprint density at radius 1 is 1.35 bits per heavy atom. The molecule has 4 rings (SSSR count). The lowest BCUT2D eigenvalue weighted by Gasteiger charge is -2.31. The number of hydrogen-bond donors (Lipinski definition) is 0. The van der Waals surface area contributed by atoms with Crippen molar-refractivity contribution in [2.24, 2.45) is 0 Å². The minimum atomic E-state index is -1.45. The second kappa shape index (κ2) is 5.42. The van der Waals surface area contributed by atoms with Gasteiger partial charge in [0, 0.05) is 30.6 Å². The number of rotatable bonds is 1. The molecule has 3 aromatic rings. The van der Waals surface area contributed by atoms with Crippen LogP contribution in [0.4, 0.5) is 4.39 Å². The van der Waals surface area contributed by atoms with Crippen LogP contribution in [0.5, 0.6) is 0 Å². The summed E-state index contributed by atoms with van der Waals surface area (Å²) >= 11 is 3.30. The minimum Gasteiger partial charge on any atom is -0.303 e. The topological polar surface area (TPSA) is 50.5 Å². The third-order valence-electron chi connectivity index (χ3n) is 3.97. The maximum absolute atomic E-state index is 14.7. The van der Waals surface area contributed by atoms with Gasteiger partial charge in [-0.1, -0.05) is 24.3 Å². The summed E-state index contributed by atoms with van der Waals surface area (Å²) in [5, 5.41) is 4.21. The van der Waals surface area contributed by atoms with Crippen molar-refractivity contribution in [3.8, 4) is 0 Å². The monoisotopic (exact) mass is 374 g/mol. The Labute approximate surface area is 139 Å². The summed E-state index contributed by atoms with van der Waals surface area (Å²) in [4.78, 5) is 18.0. The predicted molar refractivity (Wildman–Crippen MR) is 85.7 cm³/mol. The fourth-order valence-corrected chi connectivity index (χ4v) is 3.12. The van der Waals surface area contributed by atoms with Crippen LogP contribution in [0.3, 0.4) is 0 Å². The first kappa shape index (κ1) is 14.3. The van der Waals surface area contributed by atoms with Crippen molar-refractivity contribution in [2.75, 3.05) is 6.54 Å². The summed E-state index contributed by atoms with van der Waals surface area (Å²) in [7, 11) is 0. The van der Waals surface area contributed by atoms with E-state index in [0.717, 1.165) is 10.0 Å². The van der Waals surface area contributed by atoms with Gasteiger partial charge in [-0.2, -0.15) is 5.10 Å². The van der Waals surface area contributed by atoms with Crippen LogP contribution in [0.25, 0.3) is 5.65 Å². The number of hydrogen-bond acceptors (Lipinski definition) is 3. The molecular weight excluding hydrogens is 363 g/mol. The molecule has 0 radical (unpaired) electrons. The zero-order valence-electron chi connectivity index (χ0n) is 12.0. The van der Waals surface area contributed by atoms with Crippen LogP contribution >= 0.6 is 15.9 Å². The third-order valence-corrected chi connectivity index (χ3v) is 4.38. The van der Waals surface area contributed by atoms with Crippen LogP contribution in [0.1, 0.15) is 27.9 Å². The van der Waals surface area contributed by atoms with E-state index in [1.807, 2.05) is 12.1 Å². The van der Waals surface area contributed by atoms with Crippen molar-refractivity contribution in [2.45, 2.75) is 12.7 Å². The molecule has 1 unspecified atom stereocenters. The molecule has 0 saturated carbocycles. The quantitative estimate of drug-likeness (QED) is 0.614. The van der Waals surface area contributed by atoms with Gasteiger partial charge in [0.1, 0.15) is 0 Å². The Morgan fingerprint density at radius 2 is 2.17 bits per heavy atom. The van der Waals surface area contributed by atoms with Crippen LogP contribution in [0.15, 0.2) is 47.2 Å². The number of amides is 1. The Bertz CT molecular complexity index is 910. The molecule has 0 spiro atoms. The molecule has 0 bridgehead atoms. The van der Waals surface area contributed by atoms with E-state index in [9.17, 15) is 9.18 Å². The zero-order chi connectivity index (χ0) is 16.0. The van der Waals surface area contributed by atoms with Crippen molar-refractivity contribution < 1.29 is 9.18 Å². The Kier molecular flexibility index (Phi) is 3.37. The molecular formula is C16H12BrFN4O. The second-order valence-electron chi connectivity index (χ2n) is 5.39. The molecule has 2 aromatic heterocycles. The van der Waals surface area contributed by atoms with Crippen LogP contribution in [-0.2, 0) is 6.42 Å². The average molecular weight is 375 g/mol. The molecule has 1 amide bonds. The third kappa shape index (κ3) is 2.41. The molecule has 1 aromatic carbocycles. The van der Waals surface area contributed by atoms with Gasteiger partial charge in [-0.3, -0.25) is 4.79 Å². The van der Waals surface area contributed by atoms with Crippen molar-refractivity contribution in [3.63, 3.8) is 0 Å². The molecule has 1 aliphatic rings. The van der Waals surface area contributed by atoms with Gasteiger partial charge in [-0.15, -0.1) is 0 Å². The molecule has 3 heterocycles. The number of alkyl halides is 1. The van der Waals surface area contributed by atoms with Gasteiger partial charge in [0.2, 0.25) is 6.30 Å². The van der Waals surface area contributed by atoms with E-state index in [4.69, 9.17) is 0 Å². The summed E-state index contributed by atoms with van der Waals surface area (Å²) in [6.07, 6.45) is 2.52. The van der Waals surface area contributed by atoms with Crippen LogP contribution in [0.2, 0.25) is 0 Å². The summed E-state index contributed by atoms with van der Waals surface area (Å²) in [6, 6.07) is 8.86. The van der Waals surface area contributed by atoms with Gasteiger partial charge in [-0.05, 0) is 27.9 Å². The Balaban J connectivity index is 1.68. The van der Waals surface area contributed by atoms with Crippen LogP contribution < -0.4 is 0 Å². The predicted octanol–water partition coefficient (Wildman–Crippen LogP) is 3.16. The number of aromatic nitrogens is 3. The Morgan fingerprint density at radius 3 is 3.04 bits per heavy atom. The minimum absolute atomic E-state index is 0.192. The summed E-state index contributed by atoms with van der Waals surface area (Å²) in [5.41, 5.74) is 2.24. The molecule has 1 aliphatic heterocycles. The van der Waals surface area contributed by atoms with E-state index >= 15 is 0 Å². The average Bonchev–Trinajstić information content (AvgIpc) is 2.98. The highest BCUT2D eigenvalue weighted by molar-refractivity contribution is 9.10. The van der Waals surface area contributed by atoms with E-state index in [1.165, 1.54) is 9.42 Å². The highest BCUT2D eigenvalue weighted by Crippen LogP contribution is 2.31. The smallest absolute Gasteiger partial charge is 0.276 e. The van der Waals surface area contributed by atoms with E-state index in [0.29, 0.717) is 24.2 Å². The van der Waals surface area contributed by atoms with Crippen molar-refractivity contribution >= 4 is 27.5 Å². The largest absolute Gasteiger partial charge is 0.303 e. The van der Waals surface area contributed by atoms with Gasteiger partial charge < -0.3 is 4.90 Å². The summed E-state index contributed by atoms with van der Waals surface area (Å²) in [6.45, 7) is 0.335. The van der Waals surface area contributed by atoms with E-state index in [-0.39, 0.29) is 5.69 Å². The molecule has 0 fully saturated rings. The first-order valence-corrected chi connectivity index (χ1v) is 7.96. The Hall–Kier alpha value is -2.28. The molecule has 23 heavy (non-hydrogen) atoms. The van der Waals surface area contributed by atoms with Gasteiger partial charge >= 0.3 is 0 Å².